The van der Waals surface area contributed by atoms with E-state index >= 15 is 0 Å². The van der Waals surface area contributed by atoms with Gasteiger partial charge < -0.3 is 5.32 Å². The van der Waals surface area contributed by atoms with Crippen LogP contribution < -0.4 is 5.32 Å². The van der Waals surface area contributed by atoms with Gasteiger partial charge in [0.2, 0.25) is 11.6 Å². The average Bonchev–Trinajstić information content (AvgIpc) is 3.16. The molecule has 126 valence electrons. The van der Waals surface area contributed by atoms with Crippen LogP contribution in [0.25, 0.3) is 0 Å². The summed E-state index contributed by atoms with van der Waals surface area (Å²) in [5, 5.41) is 3.40. The van der Waals surface area contributed by atoms with Crippen molar-refractivity contribution in [3.63, 3.8) is 0 Å². The highest BCUT2D eigenvalue weighted by Crippen LogP contribution is 2.36. The monoisotopic (exact) mass is 349 g/mol. The second kappa shape index (κ2) is 6.89. The summed E-state index contributed by atoms with van der Waals surface area (Å²) in [6.45, 7) is 0. The zero-order valence-corrected chi connectivity index (χ0v) is 14.6. The van der Waals surface area contributed by atoms with Crippen molar-refractivity contribution in [1.82, 2.24) is 5.32 Å². The van der Waals surface area contributed by atoms with Gasteiger partial charge in [0.15, 0.2) is 0 Å². The van der Waals surface area contributed by atoms with Gasteiger partial charge in [-0.3, -0.25) is 9.59 Å². The Labute approximate surface area is 151 Å². The number of carbonyl (C=O) groups excluding carboxylic acids is 2. The number of hydrogen-bond donors (Lipinski definition) is 1. The van der Waals surface area contributed by atoms with Gasteiger partial charge in [-0.1, -0.05) is 67.1 Å². The fourth-order valence-corrected chi connectivity index (χ4v) is 4.45. The lowest BCUT2D eigenvalue weighted by Gasteiger charge is -2.24. The molecular formula is C21H19NO2S. The number of nitrogens with one attached hydrogen (secondary N) is 1. The predicted octanol–water partition coefficient (Wildman–Crippen LogP) is 4.60. The third-order valence-corrected chi connectivity index (χ3v) is 5.84. The molecule has 0 bridgehead atoms. The van der Waals surface area contributed by atoms with E-state index in [1.165, 1.54) is 24.6 Å². The normalized spacial score (nSPS) is 17.8. The molecule has 1 N–H and O–H groups in total. The summed E-state index contributed by atoms with van der Waals surface area (Å²) < 4.78 is 0. The largest absolute Gasteiger partial charge is 0.378 e. The molecule has 0 aromatic heterocycles. The van der Waals surface area contributed by atoms with E-state index in [9.17, 15) is 9.59 Å². The van der Waals surface area contributed by atoms with Gasteiger partial charge in [-0.2, -0.15) is 0 Å². The van der Waals surface area contributed by atoms with Gasteiger partial charge in [-0.15, -0.1) is 0 Å². The molecule has 2 aromatic carbocycles. The summed E-state index contributed by atoms with van der Waals surface area (Å²) in [4.78, 5) is 27.6. The van der Waals surface area contributed by atoms with Gasteiger partial charge in [-0.05, 0) is 25.0 Å². The Morgan fingerprint density at radius 2 is 1.40 bits per heavy atom. The SMILES string of the molecule is O=C1C(NC2CCCC2)=C(Sc2ccccc2)C(=O)c2ccccc21. The lowest BCUT2D eigenvalue weighted by Crippen LogP contribution is -2.34. The van der Waals surface area contributed by atoms with E-state index in [1.807, 2.05) is 42.5 Å². The van der Waals surface area contributed by atoms with Gasteiger partial charge in [-0.25, -0.2) is 0 Å². The summed E-state index contributed by atoms with van der Waals surface area (Å²) in [7, 11) is 0. The number of hydrogen-bond acceptors (Lipinski definition) is 4. The molecule has 0 spiro atoms. The Balaban J connectivity index is 1.77. The van der Waals surface area contributed by atoms with Crippen LogP contribution in [0, 0.1) is 0 Å². The fraction of sp³-hybridized carbons (Fsp3) is 0.238. The first kappa shape index (κ1) is 16.2. The van der Waals surface area contributed by atoms with E-state index in [1.54, 1.807) is 12.1 Å². The fourth-order valence-electron chi connectivity index (χ4n) is 3.46. The first-order chi connectivity index (χ1) is 12.2. The molecule has 3 nitrogen and oxygen atoms in total. The maximum atomic E-state index is 13.1. The van der Waals surface area contributed by atoms with Crippen LogP contribution in [0.4, 0.5) is 0 Å². The molecule has 0 atom stereocenters. The van der Waals surface area contributed by atoms with Crippen molar-refractivity contribution in [1.29, 1.82) is 0 Å². The molecule has 0 heterocycles. The number of allylic oxidation sites excluding steroid dienone is 2. The zero-order valence-electron chi connectivity index (χ0n) is 13.8. The van der Waals surface area contributed by atoms with Crippen LogP contribution in [-0.4, -0.2) is 17.6 Å². The Hall–Kier alpha value is -2.33. The van der Waals surface area contributed by atoms with Gasteiger partial charge in [0.05, 0.1) is 4.91 Å². The summed E-state index contributed by atoms with van der Waals surface area (Å²) in [5.41, 5.74) is 1.48. The topological polar surface area (TPSA) is 46.2 Å². The minimum absolute atomic E-state index is 0.0652. The van der Waals surface area contributed by atoms with Crippen LogP contribution in [0.15, 0.2) is 70.1 Å². The number of Topliss-reactive ketones (excluding diaryl/α,β-unsaturated/α-hetero) is 2. The number of benzene rings is 2. The highest BCUT2D eigenvalue weighted by atomic mass is 32.2. The first-order valence-electron chi connectivity index (χ1n) is 8.66. The van der Waals surface area contributed by atoms with Crippen molar-refractivity contribution in [2.24, 2.45) is 0 Å². The van der Waals surface area contributed by atoms with Crippen molar-refractivity contribution >= 4 is 23.3 Å². The van der Waals surface area contributed by atoms with Crippen LogP contribution in [0.3, 0.4) is 0 Å². The van der Waals surface area contributed by atoms with Crippen LogP contribution >= 0.6 is 11.8 Å². The molecule has 0 saturated heterocycles. The van der Waals surface area contributed by atoms with Crippen LogP contribution in [0.5, 0.6) is 0 Å². The highest BCUT2D eigenvalue weighted by molar-refractivity contribution is 8.04. The van der Waals surface area contributed by atoms with E-state index < -0.39 is 0 Å². The molecule has 0 unspecified atom stereocenters. The molecule has 0 aliphatic heterocycles. The molecule has 2 aliphatic rings. The van der Waals surface area contributed by atoms with Crippen molar-refractivity contribution < 1.29 is 9.59 Å². The van der Waals surface area contributed by atoms with Gasteiger partial charge >= 0.3 is 0 Å². The van der Waals surface area contributed by atoms with Crippen molar-refractivity contribution in [3.8, 4) is 0 Å². The van der Waals surface area contributed by atoms with E-state index in [0.29, 0.717) is 21.7 Å². The molecule has 0 radical (unpaired) electrons. The maximum absolute atomic E-state index is 13.1. The minimum Gasteiger partial charge on any atom is -0.378 e. The van der Waals surface area contributed by atoms with Crippen LogP contribution in [-0.2, 0) is 0 Å². The number of rotatable bonds is 4. The smallest absolute Gasteiger partial charge is 0.210 e. The molecule has 25 heavy (non-hydrogen) atoms. The number of carbonyl (C=O) groups is 2. The molecule has 2 aromatic rings. The van der Waals surface area contributed by atoms with Crippen molar-refractivity contribution in [3.05, 3.63) is 76.3 Å². The van der Waals surface area contributed by atoms with Crippen molar-refractivity contribution in [2.75, 3.05) is 0 Å². The van der Waals surface area contributed by atoms with Gasteiger partial charge in [0, 0.05) is 22.1 Å². The summed E-state index contributed by atoms with van der Waals surface area (Å²) in [6, 6.07) is 17.1. The second-order valence-corrected chi connectivity index (χ2v) is 7.53. The van der Waals surface area contributed by atoms with E-state index in [0.717, 1.165) is 17.7 Å². The quantitative estimate of drug-likeness (QED) is 0.876. The van der Waals surface area contributed by atoms with Crippen LogP contribution in [0.2, 0.25) is 0 Å². The van der Waals surface area contributed by atoms with Gasteiger partial charge in [0.25, 0.3) is 0 Å². The van der Waals surface area contributed by atoms with Crippen LogP contribution in [0.1, 0.15) is 46.4 Å². The zero-order chi connectivity index (χ0) is 17.2. The van der Waals surface area contributed by atoms with E-state index in [-0.39, 0.29) is 17.6 Å². The molecule has 1 fully saturated rings. The second-order valence-electron chi connectivity index (χ2n) is 6.45. The molecule has 0 amide bonds. The Bertz CT molecular complexity index is 851. The standard InChI is InChI=1S/C21H19NO2S/c23-19-16-12-6-7-13-17(16)20(24)21(25-15-10-2-1-3-11-15)18(19)22-14-8-4-5-9-14/h1-3,6-7,10-14,22H,4-5,8-9H2. The lowest BCUT2D eigenvalue weighted by atomic mass is 9.92. The number of fused-ring (bicyclic) bond motifs is 1. The average molecular weight is 349 g/mol. The first-order valence-corrected chi connectivity index (χ1v) is 9.48. The number of thioether (sulfide) groups is 1. The predicted molar refractivity (Wildman–Crippen MR) is 99.8 cm³/mol. The highest BCUT2D eigenvalue weighted by Gasteiger charge is 2.34. The Kier molecular flexibility index (Phi) is 4.45. The van der Waals surface area contributed by atoms with Crippen molar-refractivity contribution in [2.45, 2.75) is 36.6 Å². The molecule has 4 heteroatoms. The lowest BCUT2D eigenvalue weighted by molar-refractivity contribution is 0.0973. The third-order valence-electron chi connectivity index (χ3n) is 4.74. The molecule has 2 aliphatic carbocycles. The number of ketones is 2. The molecule has 4 rings (SSSR count). The molecule has 1 saturated carbocycles. The van der Waals surface area contributed by atoms with Gasteiger partial charge in [0.1, 0.15) is 5.70 Å². The summed E-state index contributed by atoms with van der Waals surface area (Å²) >= 11 is 1.38. The minimum atomic E-state index is -0.0690. The maximum Gasteiger partial charge on any atom is 0.210 e. The van der Waals surface area contributed by atoms with E-state index in [2.05, 4.69) is 5.32 Å². The van der Waals surface area contributed by atoms with E-state index in [4.69, 9.17) is 0 Å². The molecular weight excluding hydrogens is 330 g/mol. The Morgan fingerprint density at radius 3 is 2.08 bits per heavy atom. The third kappa shape index (κ3) is 3.14. The summed E-state index contributed by atoms with van der Waals surface area (Å²) in [5.74, 6) is -0.134. The Morgan fingerprint density at radius 1 is 0.800 bits per heavy atom. The summed E-state index contributed by atoms with van der Waals surface area (Å²) in [6.07, 6.45) is 4.45.